The Hall–Kier alpha value is -2.37. The number of amides is 1. The summed E-state index contributed by atoms with van der Waals surface area (Å²) in [5.74, 6) is -0.297. The first kappa shape index (κ1) is 17.7. The number of carbonyl (C=O) groups excluding carboxylic acids is 2. The Morgan fingerprint density at radius 3 is 2.64 bits per heavy atom. The summed E-state index contributed by atoms with van der Waals surface area (Å²) in [5.41, 5.74) is 0.101. The van der Waals surface area contributed by atoms with Crippen LogP contribution in [0.25, 0.3) is 0 Å². The zero-order valence-electron chi connectivity index (χ0n) is 13.5. The normalized spacial score (nSPS) is 12.9. The number of carbonyl (C=O) groups is 2. The summed E-state index contributed by atoms with van der Waals surface area (Å²) in [6.07, 6.45) is 7.71. The summed E-state index contributed by atoms with van der Waals surface area (Å²) >= 11 is 0. The standard InChI is InChI=1S/C16H23N3O3/c1-6-7-12(2)10-13(14(20)19-9-8-17-11-19)18-15(21)22-16(3,4)5/h6-9,11,13H,2,10H2,1,3-5H3,(H,18,21)/b7-6-/t13-/m0/s1. The highest BCUT2D eigenvalue weighted by Gasteiger charge is 2.25. The van der Waals surface area contributed by atoms with Crippen LogP contribution in [0.1, 0.15) is 38.9 Å². The first-order valence-corrected chi connectivity index (χ1v) is 7.05. The van der Waals surface area contributed by atoms with Crippen molar-refractivity contribution in [3.8, 4) is 0 Å². The van der Waals surface area contributed by atoms with Crippen molar-refractivity contribution in [3.63, 3.8) is 0 Å². The van der Waals surface area contributed by atoms with Crippen molar-refractivity contribution >= 4 is 12.0 Å². The van der Waals surface area contributed by atoms with E-state index in [4.69, 9.17) is 4.74 Å². The fourth-order valence-electron chi connectivity index (χ4n) is 1.79. The maximum absolute atomic E-state index is 12.4. The average molecular weight is 305 g/mol. The van der Waals surface area contributed by atoms with Gasteiger partial charge < -0.3 is 10.1 Å². The van der Waals surface area contributed by atoms with Crippen LogP contribution in [0.4, 0.5) is 4.79 Å². The summed E-state index contributed by atoms with van der Waals surface area (Å²) < 4.78 is 6.53. The average Bonchev–Trinajstić information content (AvgIpc) is 2.88. The van der Waals surface area contributed by atoms with Crippen LogP contribution in [-0.2, 0) is 4.74 Å². The molecule has 6 heteroatoms. The van der Waals surface area contributed by atoms with E-state index < -0.39 is 17.7 Å². The third-order valence-corrected chi connectivity index (χ3v) is 2.62. The van der Waals surface area contributed by atoms with Gasteiger partial charge in [-0.2, -0.15) is 0 Å². The van der Waals surface area contributed by atoms with E-state index in [0.29, 0.717) is 6.42 Å². The molecule has 120 valence electrons. The Balaban J connectivity index is 2.84. The maximum atomic E-state index is 12.4. The smallest absolute Gasteiger partial charge is 0.408 e. The number of alkyl carbamates (subject to hydrolysis) is 1. The Kier molecular flexibility index (Phi) is 6.10. The van der Waals surface area contributed by atoms with Crippen molar-refractivity contribution in [2.24, 2.45) is 0 Å². The molecule has 1 rings (SSSR count). The third-order valence-electron chi connectivity index (χ3n) is 2.62. The Morgan fingerprint density at radius 2 is 2.14 bits per heavy atom. The lowest BCUT2D eigenvalue weighted by molar-refractivity contribution is 0.0482. The van der Waals surface area contributed by atoms with Crippen molar-refractivity contribution in [2.45, 2.75) is 45.8 Å². The third kappa shape index (κ3) is 5.95. The van der Waals surface area contributed by atoms with Gasteiger partial charge in [0.25, 0.3) is 5.91 Å². The Morgan fingerprint density at radius 1 is 1.45 bits per heavy atom. The fourth-order valence-corrected chi connectivity index (χ4v) is 1.79. The van der Waals surface area contributed by atoms with Crippen LogP contribution in [0.2, 0.25) is 0 Å². The second-order valence-corrected chi connectivity index (χ2v) is 5.87. The fraction of sp³-hybridized carbons (Fsp3) is 0.438. The highest BCUT2D eigenvalue weighted by Crippen LogP contribution is 2.11. The minimum atomic E-state index is -0.771. The lowest BCUT2D eigenvalue weighted by atomic mass is 10.1. The SMILES string of the molecule is C=C(/C=C\C)C[C@H](NC(=O)OC(C)(C)C)C(=O)n1ccnc1. The van der Waals surface area contributed by atoms with Crippen molar-refractivity contribution in [3.05, 3.63) is 43.0 Å². The molecule has 1 aromatic rings. The molecule has 0 bridgehead atoms. The van der Waals surface area contributed by atoms with Crippen LogP contribution >= 0.6 is 0 Å². The van der Waals surface area contributed by atoms with E-state index in [1.165, 1.54) is 23.3 Å². The van der Waals surface area contributed by atoms with Gasteiger partial charge >= 0.3 is 6.09 Å². The largest absolute Gasteiger partial charge is 0.444 e. The molecule has 0 aliphatic rings. The van der Waals surface area contributed by atoms with Crippen molar-refractivity contribution in [1.82, 2.24) is 14.9 Å². The molecule has 0 radical (unpaired) electrons. The topological polar surface area (TPSA) is 73.2 Å². The second-order valence-electron chi connectivity index (χ2n) is 5.87. The molecular weight excluding hydrogens is 282 g/mol. The van der Waals surface area contributed by atoms with E-state index in [1.54, 1.807) is 26.8 Å². The second kappa shape index (κ2) is 7.59. The van der Waals surface area contributed by atoms with Gasteiger partial charge in [-0.25, -0.2) is 9.78 Å². The minimum Gasteiger partial charge on any atom is -0.444 e. The molecule has 0 unspecified atom stereocenters. The Labute approximate surface area is 130 Å². The summed E-state index contributed by atoms with van der Waals surface area (Å²) in [4.78, 5) is 28.2. The molecule has 1 atom stereocenters. The minimum absolute atomic E-state index is 0.292. The number of hydrogen-bond acceptors (Lipinski definition) is 4. The Bertz CT molecular complexity index is 554. The number of hydrogen-bond donors (Lipinski definition) is 1. The van der Waals surface area contributed by atoms with Crippen molar-refractivity contribution in [1.29, 1.82) is 0 Å². The van der Waals surface area contributed by atoms with Crippen LogP contribution < -0.4 is 5.32 Å². The van der Waals surface area contributed by atoms with E-state index in [-0.39, 0.29) is 5.91 Å². The van der Waals surface area contributed by atoms with E-state index in [0.717, 1.165) is 5.57 Å². The first-order chi connectivity index (χ1) is 10.2. The lowest BCUT2D eigenvalue weighted by Crippen LogP contribution is -2.45. The predicted molar refractivity (Wildman–Crippen MR) is 84.6 cm³/mol. The highest BCUT2D eigenvalue weighted by molar-refractivity contribution is 5.87. The van der Waals surface area contributed by atoms with E-state index >= 15 is 0 Å². The quantitative estimate of drug-likeness (QED) is 0.849. The molecule has 22 heavy (non-hydrogen) atoms. The highest BCUT2D eigenvalue weighted by atomic mass is 16.6. The first-order valence-electron chi connectivity index (χ1n) is 7.05. The predicted octanol–water partition coefficient (Wildman–Crippen LogP) is 2.94. The number of allylic oxidation sites excluding steroid dienone is 2. The lowest BCUT2D eigenvalue weighted by Gasteiger charge is -2.23. The molecule has 1 aromatic heterocycles. The van der Waals surface area contributed by atoms with Crippen molar-refractivity contribution < 1.29 is 14.3 Å². The summed E-state index contributed by atoms with van der Waals surface area (Å²) in [7, 11) is 0. The van der Waals surface area contributed by atoms with E-state index in [9.17, 15) is 9.59 Å². The van der Waals surface area contributed by atoms with Gasteiger partial charge in [0, 0.05) is 18.8 Å². The number of imidazole rings is 1. The molecule has 1 amide bonds. The van der Waals surface area contributed by atoms with Gasteiger partial charge in [-0.15, -0.1) is 0 Å². The number of nitrogens with zero attached hydrogens (tertiary/aromatic N) is 2. The molecule has 0 aliphatic heterocycles. The zero-order valence-corrected chi connectivity index (χ0v) is 13.5. The number of rotatable bonds is 5. The molecular formula is C16H23N3O3. The molecule has 0 aliphatic carbocycles. The molecule has 0 saturated heterocycles. The van der Waals surface area contributed by atoms with E-state index in [2.05, 4.69) is 16.9 Å². The van der Waals surface area contributed by atoms with Gasteiger partial charge in [-0.05, 0) is 27.7 Å². The molecule has 0 fully saturated rings. The summed E-state index contributed by atoms with van der Waals surface area (Å²) in [6, 6.07) is -0.771. The number of aromatic nitrogens is 2. The van der Waals surface area contributed by atoms with Gasteiger partial charge in [-0.1, -0.05) is 24.3 Å². The van der Waals surface area contributed by atoms with Crippen LogP contribution in [0.5, 0.6) is 0 Å². The number of ether oxygens (including phenoxy) is 1. The molecule has 0 saturated carbocycles. The monoisotopic (exact) mass is 305 g/mol. The van der Waals surface area contributed by atoms with Gasteiger partial charge in [0.1, 0.15) is 18.0 Å². The molecule has 1 N–H and O–H groups in total. The van der Waals surface area contributed by atoms with Gasteiger partial charge in [-0.3, -0.25) is 9.36 Å². The van der Waals surface area contributed by atoms with Crippen LogP contribution in [-0.4, -0.2) is 33.2 Å². The van der Waals surface area contributed by atoms with Gasteiger partial charge in [0.15, 0.2) is 0 Å². The van der Waals surface area contributed by atoms with E-state index in [1.807, 2.05) is 13.0 Å². The zero-order chi connectivity index (χ0) is 16.8. The van der Waals surface area contributed by atoms with Gasteiger partial charge in [0.05, 0.1) is 0 Å². The molecule has 6 nitrogen and oxygen atoms in total. The molecule has 0 spiro atoms. The van der Waals surface area contributed by atoms with Crippen LogP contribution in [0.3, 0.4) is 0 Å². The van der Waals surface area contributed by atoms with Crippen molar-refractivity contribution in [2.75, 3.05) is 0 Å². The van der Waals surface area contributed by atoms with Crippen LogP contribution in [0, 0.1) is 0 Å². The van der Waals surface area contributed by atoms with Crippen LogP contribution in [0.15, 0.2) is 43.0 Å². The maximum Gasteiger partial charge on any atom is 0.408 e. The molecule has 1 heterocycles. The summed E-state index contributed by atoms with van der Waals surface area (Å²) in [6.45, 7) is 11.0. The number of nitrogens with one attached hydrogen (secondary N) is 1. The molecule has 0 aromatic carbocycles. The summed E-state index contributed by atoms with van der Waals surface area (Å²) in [5, 5.41) is 2.60. The van der Waals surface area contributed by atoms with Gasteiger partial charge in [0.2, 0.25) is 0 Å².